The van der Waals surface area contributed by atoms with E-state index < -0.39 is 21.7 Å². The van der Waals surface area contributed by atoms with E-state index in [0.717, 1.165) is 243 Å². The molecule has 14 nitrogen and oxygen atoms in total. The fraction of sp³-hybridized carbons (Fsp3) is 0.942. The monoisotopic (exact) mass is 1670 g/mol. The summed E-state index contributed by atoms with van der Waals surface area (Å²) >= 11 is 0. The fourth-order valence-electron chi connectivity index (χ4n) is 17.3. The van der Waals surface area contributed by atoms with Gasteiger partial charge in [-0.05, 0) is 208 Å². The number of ether oxygens (including phenoxy) is 4. The predicted molar refractivity (Wildman–Crippen MR) is 503 cm³/mol. The summed E-state index contributed by atoms with van der Waals surface area (Å²) < 4.78 is 23.7. The lowest BCUT2D eigenvalue weighted by Crippen LogP contribution is -2.37. The fourth-order valence-corrected chi connectivity index (χ4v) is 17.3. The summed E-state index contributed by atoms with van der Waals surface area (Å²) in [5.74, 6) is 2.48. The number of hydrogen-bond donors (Lipinski definition) is 2. The summed E-state index contributed by atoms with van der Waals surface area (Å²) in [5.41, 5.74) is -2.03. The summed E-state index contributed by atoms with van der Waals surface area (Å²) in [5, 5.41) is 6.32. The van der Waals surface area contributed by atoms with Gasteiger partial charge in [0.15, 0.2) is 0 Å². The predicted octanol–water partition coefficient (Wildman–Crippen LogP) is 28.9. The van der Waals surface area contributed by atoms with Gasteiger partial charge in [0.2, 0.25) is 11.8 Å². The molecular weight excluding hydrogens is 1470 g/mol. The van der Waals surface area contributed by atoms with Gasteiger partial charge in [-0.3, -0.25) is 28.8 Å². The average molecular weight is 1670 g/mol. The Bertz CT molecular complexity index is 2010. The van der Waals surface area contributed by atoms with Crippen LogP contribution in [0.2, 0.25) is 0 Å². The number of hydrogen-bond acceptors (Lipinski definition) is 12. The molecule has 0 aliphatic carbocycles. The molecule has 2 N–H and O–H groups in total. The molecule has 0 aromatic heterocycles. The maximum Gasteiger partial charge on any atom is 0.311 e. The molecule has 0 aliphatic rings. The lowest BCUT2D eigenvalue weighted by molar-refractivity contribution is -0.155. The van der Waals surface area contributed by atoms with Gasteiger partial charge in [-0.2, -0.15) is 0 Å². The first-order chi connectivity index (χ1) is 56.8. The second-order valence-electron chi connectivity index (χ2n) is 39.6. The first kappa shape index (κ1) is 115. The van der Waals surface area contributed by atoms with Gasteiger partial charge in [-0.1, -0.05) is 338 Å². The summed E-state index contributed by atoms with van der Waals surface area (Å²) in [6, 6.07) is 0. The van der Waals surface area contributed by atoms with Crippen LogP contribution < -0.4 is 10.6 Å². The van der Waals surface area contributed by atoms with Crippen LogP contribution in [0.25, 0.3) is 0 Å². The van der Waals surface area contributed by atoms with Gasteiger partial charge in [0, 0.05) is 39.0 Å². The SMILES string of the molecule is CCCCCC(CCCCC)CCCOC(=O)C(C)(C)CCCCCCN(CCCCCCC(C)(C)C(=O)OCCCC(CCCCC)CCCCC)CCNC(=O)CCC(=O)NCCN(CCCCCCC(C)(C)C(=O)OCCCC(CCCCC)CCCCC)CCCCCCC(C)(C)C(=O)OCCCC(CCCCC)CCCCC. The minimum absolute atomic E-state index is 0.0674. The van der Waals surface area contributed by atoms with Gasteiger partial charge in [0.1, 0.15) is 0 Å². The van der Waals surface area contributed by atoms with Crippen molar-refractivity contribution in [1.82, 2.24) is 20.4 Å². The normalized spacial score (nSPS) is 12.4. The number of carbonyl (C=O) groups excluding carboxylic acids is 6. The number of rotatable bonds is 89. The molecule has 0 rings (SSSR count). The van der Waals surface area contributed by atoms with Crippen molar-refractivity contribution in [2.75, 3.05) is 78.8 Å². The molecular formula is C104H202N4O10. The van der Waals surface area contributed by atoms with E-state index in [4.69, 9.17) is 18.9 Å². The van der Waals surface area contributed by atoms with Crippen LogP contribution in [0.5, 0.6) is 0 Å². The highest BCUT2D eigenvalue weighted by atomic mass is 16.5. The molecule has 0 saturated carbocycles. The number of carbonyl (C=O) groups is 6. The van der Waals surface area contributed by atoms with Crippen LogP contribution in [0, 0.1) is 45.3 Å². The van der Waals surface area contributed by atoms with Crippen molar-refractivity contribution < 1.29 is 47.7 Å². The van der Waals surface area contributed by atoms with Crippen molar-refractivity contribution in [3.05, 3.63) is 0 Å². The quantitative estimate of drug-likeness (QED) is 0.0336. The van der Waals surface area contributed by atoms with E-state index >= 15 is 0 Å². The molecule has 0 atom stereocenters. The van der Waals surface area contributed by atoms with E-state index in [9.17, 15) is 28.8 Å². The Morgan fingerprint density at radius 2 is 0.407 bits per heavy atom. The minimum atomic E-state index is -0.509. The largest absolute Gasteiger partial charge is 0.465 e. The highest BCUT2D eigenvalue weighted by Crippen LogP contribution is 2.33. The molecule has 0 aromatic rings. The van der Waals surface area contributed by atoms with Crippen LogP contribution in [-0.2, 0) is 47.7 Å². The molecule has 0 fully saturated rings. The minimum Gasteiger partial charge on any atom is -0.465 e. The number of nitrogens with zero attached hydrogens (tertiary/aromatic N) is 2. The maximum absolute atomic E-state index is 13.4. The van der Waals surface area contributed by atoms with Gasteiger partial charge in [-0.25, -0.2) is 0 Å². The standard InChI is InChI=1S/C104H202N4O10/c1-17-25-41-61-91(62-42-26-18-2)69-57-87-115-97(111)101(9,10)75-49-33-37-53-81-107(82-54-38-34-50-76-102(11,12)98(112)116-88-58-70-92(63-43-27-19-3)64-44-28-20-4)85-79-105-95(109)73-74-96(110)106-80-86-108(83-55-39-35-51-77-103(13,14)99(113)117-89-59-71-93(65-45-29-21-5)66-46-30-22-6)84-56-40-36-52-78-104(15,16)100(114)118-90-60-72-94(67-47-31-23-7)68-48-32-24-8/h91-94H,17-90H2,1-16H3,(H,105,109)(H,106,110). The third-order valence-electron chi connectivity index (χ3n) is 26.1. The zero-order chi connectivity index (χ0) is 87.5. The number of esters is 4. The summed E-state index contributed by atoms with van der Waals surface area (Å²) in [4.78, 5) is 85.3. The van der Waals surface area contributed by atoms with E-state index in [1.807, 2.05) is 55.4 Å². The molecule has 0 bridgehead atoms. The molecule has 0 aliphatic heterocycles. The number of unbranched alkanes of at least 4 members (excludes halogenated alkanes) is 28. The molecule has 14 heteroatoms. The molecule has 118 heavy (non-hydrogen) atoms. The van der Waals surface area contributed by atoms with Crippen molar-refractivity contribution in [2.45, 2.75) is 509 Å². The van der Waals surface area contributed by atoms with E-state index in [1.54, 1.807) is 0 Å². The lowest BCUT2D eigenvalue weighted by Gasteiger charge is -2.24. The lowest BCUT2D eigenvalue weighted by atomic mass is 9.87. The Labute approximate surface area is 732 Å². The molecule has 698 valence electrons. The van der Waals surface area contributed by atoms with E-state index in [2.05, 4.69) is 75.8 Å². The van der Waals surface area contributed by atoms with Gasteiger partial charge in [0.05, 0.1) is 48.1 Å². The Hall–Kier alpha value is -3.26. The molecule has 0 aromatic carbocycles. The molecule has 2 amide bonds. The van der Waals surface area contributed by atoms with Crippen LogP contribution >= 0.6 is 0 Å². The molecule has 0 unspecified atom stereocenters. The highest BCUT2D eigenvalue weighted by molar-refractivity contribution is 5.83. The maximum atomic E-state index is 13.4. The summed E-state index contributed by atoms with van der Waals surface area (Å²) in [7, 11) is 0. The van der Waals surface area contributed by atoms with Crippen molar-refractivity contribution in [3.63, 3.8) is 0 Å². The molecule has 0 radical (unpaired) electrons. The third kappa shape index (κ3) is 66.3. The van der Waals surface area contributed by atoms with Crippen LogP contribution in [0.3, 0.4) is 0 Å². The van der Waals surface area contributed by atoms with Gasteiger partial charge in [-0.15, -0.1) is 0 Å². The van der Waals surface area contributed by atoms with E-state index in [0.29, 0.717) is 39.5 Å². The Morgan fingerprint density at radius 3 is 0.593 bits per heavy atom. The third-order valence-corrected chi connectivity index (χ3v) is 26.1. The van der Waals surface area contributed by atoms with Crippen molar-refractivity contribution in [1.29, 1.82) is 0 Å². The second-order valence-corrected chi connectivity index (χ2v) is 39.6. The van der Waals surface area contributed by atoms with E-state index in [1.165, 1.54) is 205 Å². The highest BCUT2D eigenvalue weighted by Gasteiger charge is 2.33. The zero-order valence-electron chi connectivity index (χ0n) is 81.6. The topological polar surface area (TPSA) is 170 Å². The summed E-state index contributed by atoms with van der Waals surface area (Å²) in [6.45, 7) is 42.9. The number of amides is 2. The van der Waals surface area contributed by atoms with Crippen LogP contribution in [-0.4, -0.2) is 124 Å². The number of nitrogens with one attached hydrogen (secondary N) is 2. The van der Waals surface area contributed by atoms with Crippen LogP contribution in [0.4, 0.5) is 0 Å². The second kappa shape index (κ2) is 77.3. The summed E-state index contributed by atoms with van der Waals surface area (Å²) in [6.07, 6.45) is 69.7. The first-order valence-electron chi connectivity index (χ1n) is 51.5. The van der Waals surface area contributed by atoms with Gasteiger partial charge < -0.3 is 39.4 Å². The van der Waals surface area contributed by atoms with Crippen molar-refractivity contribution in [2.24, 2.45) is 45.3 Å². The van der Waals surface area contributed by atoms with Crippen LogP contribution in [0.1, 0.15) is 509 Å². The van der Waals surface area contributed by atoms with Crippen molar-refractivity contribution in [3.8, 4) is 0 Å². The molecule has 0 heterocycles. The van der Waals surface area contributed by atoms with Crippen LogP contribution in [0.15, 0.2) is 0 Å². The molecule has 0 saturated heterocycles. The average Bonchev–Trinajstić information content (AvgIpc) is 1.15. The van der Waals surface area contributed by atoms with Crippen molar-refractivity contribution >= 4 is 35.7 Å². The van der Waals surface area contributed by atoms with Gasteiger partial charge >= 0.3 is 23.9 Å². The Kier molecular flexibility index (Phi) is 75.2. The smallest absolute Gasteiger partial charge is 0.311 e. The first-order valence-corrected chi connectivity index (χ1v) is 51.5. The molecule has 0 spiro atoms. The zero-order valence-corrected chi connectivity index (χ0v) is 81.6. The van der Waals surface area contributed by atoms with Gasteiger partial charge in [0.25, 0.3) is 0 Å². The van der Waals surface area contributed by atoms with E-state index in [-0.39, 0.29) is 48.5 Å². The Balaban J connectivity index is 5.78. The Morgan fingerprint density at radius 1 is 0.229 bits per heavy atom.